The fourth-order valence-corrected chi connectivity index (χ4v) is 4.30. The molecule has 6 nitrogen and oxygen atoms in total. The van der Waals surface area contributed by atoms with Gasteiger partial charge in [0.15, 0.2) is 0 Å². The number of sulfonamides is 1. The van der Waals surface area contributed by atoms with Gasteiger partial charge in [-0.05, 0) is 42.0 Å². The first-order chi connectivity index (χ1) is 13.8. The molecule has 0 aromatic heterocycles. The number of para-hydroxylation sites is 1. The van der Waals surface area contributed by atoms with E-state index < -0.39 is 33.7 Å². The number of benzene rings is 3. The summed E-state index contributed by atoms with van der Waals surface area (Å²) in [5, 5.41) is 5.40. The summed E-state index contributed by atoms with van der Waals surface area (Å²) in [7, 11) is -3.68. The Kier molecular flexibility index (Phi) is 4.77. The molecule has 1 aliphatic rings. The van der Waals surface area contributed by atoms with Gasteiger partial charge in [0.2, 0.25) is 10.0 Å². The van der Waals surface area contributed by atoms with Crippen molar-refractivity contribution in [1.82, 2.24) is 4.72 Å². The second-order valence-electron chi connectivity index (χ2n) is 6.40. The molecule has 0 bridgehead atoms. The van der Waals surface area contributed by atoms with Crippen LogP contribution in [0.2, 0.25) is 0 Å². The van der Waals surface area contributed by atoms with Crippen molar-refractivity contribution in [3.63, 3.8) is 0 Å². The highest BCUT2D eigenvalue weighted by atomic mass is 32.2. The van der Waals surface area contributed by atoms with Crippen molar-refractivity contribution in [3.8, 4) is 0 Å². The van der Waals surface area contributed by atoms with Gasteiger partial charge in [-0.3, -0.25) is 4.79 Å². The number of anilines is 2. The molecule has 1 amide bonds. The van der Waals surface area contributed by atoms with Crippen LogP contribution in [0.1, 0.15) is 22.1 Å². The fraction of sp³-hybridized carbons (Fsp3) is 0.0500. The number of rotatable bonds is 3. The molecule has 0 saturated carbocycles. The van der Waals surface area contributed by atoms with Gasteiger partial charge in [0.1, 0.15) is 22.7 Å². The summed E-state index contributed by atoms with van der Waals surface area (Å²) in [5.41, 5.74) is 0.991. The molecule has 0 fully saturated rings. The molecule has 1 aliphatic heterocycles. The maximum Gasteiger partial charge on any atom is 0.255 e. The van der Waals surface area contributed by atoms with Gasteiger partial charge in [0, 0.05) is 11.6 Å². The fourth-order valence-electron chi connectivity index (χ4n) is 2.99. The SMILES string of the molecule is O=C(Nc1cc(F)ccc1F)c1ccc(C2Nc3ccccc3S(=O)(=O)N2)cc1. The highest BCUT2D eigenvalue weighted by Crippen LogP contribution is 2.30. The van der Waals surface area contributed by atoms with Crippen molar-refractivity contribution >= 4 is 27.3 Å². The van der Waals surface area contributed by atoms with Gasteiger partial charge in [-0.1, -0.05) is 24.3 Å². The van der Waals surface area contributed by atoms with Gasteiger partial charge in [-0.2, -0.15) is 4.72 Å². The third-order valence-electron chi connectivity index (χ3n) is 4.43. The summed E-state index contributed by atoms with van der Waals surface area (Å²) in [6, 6.07) is 15.4. The van der Waals surface area contributed by atoms with Gasteiger partial charge in [-0.25, -0.2) is 17.2 Å². The van der Waals surface area contributed by atoms with Gasteiger partial charge >= 0.3 is 0 Å². The lowest BCUT2D eigenvalue weighted by atomic mass is 10.1. The van der Waals surface area contributed by atoms with E-state index in [0.717, 1.165) is 18.2 Å². The maximum atomic E-state index is 13.7. The first-order valence-corrected chi connectivity index (χ1v) is 10.1. The Bertz CT molecular complexity index is 1200. The molecule has 9 heteroatoms. The van der Waals surface area contributed by atoms with Gasteiger partial charge < -0.3 is 10.6 Å². The van der Waals surface area contributed by atoms with E-state index in [9.17, 15) is 22.0 Å². The van der Waals surface area contributed by atoms with E-state index in [1.807, 2.05) is 0 Å². The van der Waals surface area contributed by atoms with Crippen LogP contribution in [0.15, 0.2) is 71.6 Å². The Labute approximate surface area is 165 Å². The molecule has 0 radical (unpaired) electrons. The number of fused-ring (bicyclic) bond motifs is 1. The van der Waals surface area contributed by atoms with Crippen LogP contribution < -0.4 is 15.4 Å². The molecule has 1 unspecified atom stereocenters. The number of carbonyl (C=O) groups excluding carboxylic acids is 1. The van der Waals surface area contributed by atoms with Crippen LogP contribution in [-0.4, -0.2) is 14.3 Å². The third kappa shape index (κ3) is 3.82. The van der Waals surface area contributed by atoms with E-state index in [1.54, 1.807) is 30.3 Å². The van der Waals surface area contributed by atoms with Crippen LogP contribution >= 0.6 is 0 Å². The van der Waals surface area contributed by atoms with Crippen LogP contribution in [-0.2, 0) is 10.0 Å². The zero-order chi connectivity index (χ0) is 20.6. The predicted molar refractivity (Wildman–Crippen MR) is 104 cm³/mol. The molecule has 0 saturated heterocycles. The Morgan fingerprint density at radius 1 is 0.966 bits per heavy atom. The quantitative estimate of drug-likeness (QED) is 0.610. The second kappa shape index (κ2) is 7.26. The minimum absolute atomic E-state index is 0.157. The largest absolute Gasteiger partial charge is 0.364 e. The average Bonchev–Trinajstić information content (AvgIpc) is 2.70. The summed E-state index contributed by atoms with van der Waals surface area (Å²) < 4.78 is 54.3. The van der Waals surface area contributed by atoms with Crippen molar-refractivity contribution in [2.75, 3.05) is 10.6 Å². The molecule has 1 atom stereocenters. The lowest BCUT2D eigenvalue weighted by Gasteiger charge is -2.28. The van der Waals surface area contributed by atoms with Crippen molar-refractivity contribution in [2.24, 2.45) is 0 Å². The van der Waals surface area contributed by atoms with E-state index in [1.165, 1.54) is 18.2 Å². The molecular weight excluding hydrogens is 400 g/mol. The molecule has 1 heterocycles. The van der Waals surface area contributed by atoms with E-state index in [4.69, 9.17) is 0 Å². The molecule has 4 rings (SSSR count). The highest BCUT2D eigenvalue weighted by molar-refractivity contribution is 7.89. The molecule has 0 aliphatic carbocycles. The van der Waals surface area contributed by atoms with Crippen LogP contribution in [0, 0.1) is 11.6 Å². The number of hydrogen-bond acceptors (Lipinski definition) is 4. The molecular formula is C20H15F2N3O3S. The maximum absolute atomic E-state index is 13.7. The number of amides is 1. The number of hydrogen-bond donors (Lipinski definition) is 3. The minimum Gasteiger partial charge on any atom is -0.364 e. The van der Waals surface area contributed by atoms with Gasteiger partial charge in [-0.15, -0.1) is 0 Å². The second-order valence-corrected chi connectivity index (χ2v) is 8.08. The summed E-state index contributed by atoms with van der Waals surface area (Å²) in [6.07, 6.45) is -0.715. The van der Waals surface area contributed by atoms with E-state index >= 15 is 0 Å². The summed E-state index contributed by atoms with van der Waals surface area (Å²) in [4.78, 5) is 12.5. The first kappa shape index (κ1) is 19.0. The molecule has 3 N–H and O–H groups in total. The van der Waals surface area contributed by atoms with Crippen LogP contribution in [0.25, 0.3) is 0 Å². The van der Waals surface area contributed by atoms with Crippen molar-refractivity contribution in [3.05, 3.63) is 89.5 Å². The van der Waals surface area contributed by atoms with Crippen LogP contribution in [0.5, 0.6) is 0 Å². The Morgan fingerprint density at radius 3 is 2.45 bits per heavy atom. The van der Waals surface area contributed by atoms with E-state index in [2.05, 4.69) is 15.4 Å². The standard InChI is InChI=1S/C20H15F2N3O3S/c21-14-9-10-15(22)17(11-14)24-20(26)13-7-5-12(6-8-13)19-23-16-3-1-2-4-18(16)29(27,28)25-19/h1-11,19,23,25H,(H,24,26). The van der Waals surface area contributed by atoms with Gasteiger partial charge in [0.25, 0.3) is 5.91 Å². The van der Waals surface area contributed by atoms with Gasteiger partial charge in [0.05, 0.1) is 11.4 Å². The number of carbonyl (C=O) groups is 1. The van der Waals surface area contributed by atoms with E-state index in [-0.39, 0.29) is 16.1 Å². The summed E-state index contributed by atoms with van der Waals surface area (Å²) in [6.45, 7) is 0. The monoisotopic (exact) mass is 415 g/mol. The molecule has 29 heavy (non-hydrogen) atoms. The average molecular weight is 415 g/mol. The normalized spacial score (nSPS) is 17.1. The number of nitrogens with one attached hydrogen (secondary N) is 3. The zero-order valence-corrected chi connectivity index (χ0v) is 15.6. The minimum atomic E-state index is -3.68. The molecule has 148 valence electrons. The highest BCUT2D eigenvalue weighted by Gasteiger charge is 2.29. The Hall–Kier alpha value is -3.30. The Balaban J connectivity index is 1.54. The van der Waals surface area contributed by atoms with E-state index in [0.29, 0.717) is 11.3 Å². The lowest BCUT2D eigenvalue weighted by molar-refractivity contribution is 0.102. The topological polar surface area (TPSA) is 87.3 Å². The zero-order valence-electron chi connectivity index (χ0n) is 14.8. The molecule has 3 aromatic rings. The van der Waals surface area contributed by atoms with Crippen LogP contribution in [0.3, 0.4) is 0 Å². The van der Waals surface area contributed by atoms with Crippen LogP contribution in [0.4, 0.5) is 20.2 Å². The van der Waals surface area contributed by atoms with Crippen molar-refractivity contribution < 1.29 is 22.0 Å². The molecule has 3 aromatic carbocycles. The summed E-state index contributed by atoms with van der Waals surface area (Å²) >= 11 is 0. The first-order valence-electron chi connectivity index (χ1n) is 8.58. The third-order valence-corrected chi connectivity index (χ3v) is 5.91. The smallest absolute Gasteiger partial charge is 0.255 e. The van der Waals surface area contributed by atoms with Crippen molar-refractivity contribution in [1.29, 1.82) is 0 Å². The Morgan fingerprint density at radius 2 is 1.69 bits per heavy atom. The predicted octanol–water partition coefficient (Wildman–Crippen LogP) is 3.62. The van der Waals surface area contributed by atoms with Crippen molar-refractivity contribution in [2.45, 2.75) is 11.1 Å². The summed E-state index contributed by atoms with van der Waals surface area (Å²) in [5.74, 6) is -2.05. The molecule has 0 spiro atoms. The lowest BCUT2D eigenvalue weighted by Crippen LogP contribution is -2.38. The number of halogens is 2.